The van der Waals surface area contributed by atoms with Crippen molar-refractivity contribution in [1.82, 2.24) is 0 Å². The fourth-order valence-electron chi connectivity index (χ4n) is 1.62. The molecule has 150 valence electrons. The Balaban J connectivity index is 4.12. The number of thioether (sulfide) groups is 3. The molecule has 0 radical (unpaired) electrons. The molecule has 0 aromatic rings. The molecule has 25 heavy (non-hydrogen) atoms. The van der Waals surface area contributed by atoms with E-state index in [1.54, 1.807) is 0 Å². The highest BCUT2D eigenvalue weighted by atomic mass is 32.2. The summed E-state index contributed by atoms with van der Waals surface area (Å²) in [6, 6.07) is 0. The maximum atomic E-state index is 5.82. The van der Waals surface area contributed by atoms with Crippen molar-refractivity contribution in [3.05, 3.63) is 0 Å². The molecular weight excluding hydrogens is 371 g/mol. The smallest absolute Gasteiger partial charge is 0.385 e. The number of hydrogen-bond donors (Lipinski definition) is 0. The van der Waals surface area contributed by atoms with Crippen molar-refractivity contribution >= 4 is 42.6 Å². The van der Waals surface area contributed by atoms with Crippen molar-refractivity contribution in [2.24, 2.45) is 0 Å². The third-order valence-corrected chi connectivity index (χ3v) is 6.33. The Labute approximate surface area is 170 Å². The summed E-state index contributed by atoms with van der Waals surface area (Å²) in [5, 5.41) is 0. The van der Waals surface area contributed by atoms with E-state index in [1.807, 2.05) is 35.3 Å². The lowest BCUT2D eigenvalue weighted by Crippen LogP contribution is -2.31. The minimum atomic E-state index is -0.554. The molecule has 0 spiro atoms. The van der Waals surface area contributed by atoms with Gasteiger partial charge in [0.25, 0.3) is 0 Å². The summed E-state index contributed by atoms with van der Waals surface area (Å²) in [6.07, 6.45) is 0. The highest BCUT2D eigenvalue weighted by molar-refractivity contribution is 8.01. The van der Waals surface area contributed by atoms with Crippen LogP contribution >= 0.6 is 35.3 Å². The zero-order valence-corrected chi connectivity index (χ0v) is 20.2. The molecule has 0 N–H and O–H groups in total. The zero-order valence-electron chi connectivity index (χ0n) is 17.8. The third-order valence-electron chi connectivity index (χ3n) is 2.62. The maximum Gasteiger partial charge on any atom is 0.639 e. The van der Waals surface area contributed by atoms with Crippen molar-refractivity contribution in [3.8, 4) is 0 Å². The van der Waals surface area contributed by atoms with Gasteiger partial charge in [0.1, 0.15) is 0 Å². The predicted molar refractivity (Wildman–Crippen MR) is 120 cm³/mol. The third kappa shape index (κ3) is 21.2. The van der Waals surface area contributed by atoms with Crippen LogP contribution in [-0.4, -0.2) is 58.6 Å². The van der Waals surface area contributed by atoms with Gasteiger partial charge in [0.2, 0.25) is 0 Å². The van der Waals surface area contributed by atoms with Gasteiger partial charge in [0, 0.05) is 51.3 Å². The van der Waals surface area contributed by atoms with E-state index >= 15 is 0 Å². The van der Waals surface area contributed by atoms with Gasteiger partial charge >= 0.3 is 7.32 Å². The van der Waals surface area contributed by atoms with Crippen molar-refractivity contribution in [2.45, 2.75) is 76.6 Å². The van der Waals surface area contributed by atoms with Crippen LogP contribution in [0.3, 0.4) is 0 Å². The van der Waals surface area contributed by atoms with Crippen LogP contribution in [0, 0.1) is 0 Å². The van der Waals surface area contributed by atoms with Crippen molar-refractivity contribution in [3.63, 3.8) is 0 Å². The highest BCUT2D eigenvalue weighted by Crippen LogP contribution is 2.24. The Morgan fingerprint density at radius 2 is 0.760 bits per heavy atom. The van der Waals surface area contributed by atoms with Crippen LogP contribution in [0.15, 0.2) is 0 Å². The monoisotopic (exact) mass is 410 g/mol. The first kappa shape index (κ1) is 26.0. The molecule has 0 aromatic carbocycles. The van der Waals surface area contributed by atoms with Crippen LogP contribution in [0.5, 0.6) is 0 Å². The van der Waals surface area contributed by atoms with Crippen LogP contribution < -0.4 is 0 Å². The maximum absolute atomic E-state index is 5.82. The SMILES string of the molecule is CC(C)(C)SCCOB(OCCSC(C)(C)C)OCCSC(C)(C)C. The molecule has 0 aliphatic rings. The van der Waals surface area contributed by atoms with Gasteiger partial charge in [-0.25, -0.2) is 0 Å². The van der Waals surface area contributed by atoms with E-state index < -0.39 is 7.32 Å². The lowest BCUT2D eigenvalue weighted by atomic mass is 10.2. The molecule has 0 aliphatic heterocycles. The van der Waals surface area contributed by atoms with E-state index in [2.05, 4.69) is 62.3 Å². The summed E-state index contributed by atoms with van der Waals surface area (Å²) in [4.78, 5) is 0. The molecule has 0 saturated heterocycles. The first-order valence-electron chi connectivity index (χ1n) is 9.05. The van der Waals surface area contributed by atoms with E-state index in [9.17, 15) is 0 Å². The molecule has 0 aromatic heterocycles. The summed E-state index contributed by atoms with van der Waals surface area (Å²) in [7, 11) is -0.554. The molecule has 3 nitrogen and oxygen atoms in total. The van der Waals surface area contributed by atoms with Crippen molar-refractivity contribution in [2.75, 3.05) is 37.1 Å². The highest BCUT2D eigenvalue weighted by Gasteiger charge is 2.23. The second kappa shape index (κ2) is 12.5. The zero-order chi connectivity index (χ0) is 19.6. The summed E-state index contributed by atoms with van der Waals surface area (Å²) in [5.41, 5.74) is 0. The van der Waals surface area contributed by atoms with Gasteiger partial charge in [0.15, 0.2) is 0 Å². The molecule has 0 atom stereocenters. The summed E-state index contributed by atoms with van der Waals surface area (Å²) in [5.74, 6) is 2.83. The average molecular weight is 411 g/mol. The molecule has 0 bridgehead atoms. The number of rotatable bonds is 12. The van der Waals surface area contributed by atoms with Crippen LogP contribution in [0.2, 0.25) is 0 Å². The Hall–Kier alpha value is 0.995. The Morgan fingerprint density at radius 1 is 0.520 bits per heavy atom. The first-order chi connectivity index (χ1) is 11.3. The van der Waals surface area contributed by atoms with Crippen LogP contribution in [-0.2, 0) is 14.0 Å². The molecule has 0 fully saturated rings. The molecule has 7 heteroatoms. The minimum Gasteiger partial charge on any atom is -0.385 e. The Bertz CT molecular complexity index is 284. The van der Waals surface area contributed by atoms with Crippen molar-refractivity contribution in [1.29, 1.82) is 0 Å². The Morgan fingerprint density at radius 3 is 0.960 bits per heavy atom. The van der Waals surface area contributed by atoms with Gasteiger partial charge in [0.05, 0.1) is 0 Å². The van der Waals surface area contributed by atoms with Crippen LogP contribution in [0.4, 0.5) is 0 Å². The molecule has 0 unspecified atom stereocenters. The van der Waals surface area contributed by atoms with Gasteiger partial charge in [-0.1, -0.05) is 62.3 Å². The lowest BCUT2D eigenvalue weighted by molar-refractivity contribution is 0.109. The van der Waals surface area contributed by atoms with Gasteiger partial charge in [-0.15, -0.1) is 0 Å². The van der Waals surface area contributed by atoms with Gasteiger partial charge in [-0.05, 0) is 0 Å². The van der Waals surface area contributed by atoms with Gasteiger partial charge in [-0.3, -0.25) is 0 Å². The minimum absolute atomic E-state index is 0.257. The van der Waals surface area contributed by atoms with Gasteiger partial charge < -0.3 is 14.0 Å². The molecule has 0 heterocycles. The molecular formula is C18H39BO3S3. The summed E-state index contributed by atoms with van der Waals surface area (Å²) < 4.78 is 18.2. The molecule has 0 amide bonds. The molecule has 0 aliphatic carbocycles. The van der Waals surface area contributed by atoms with E-state index in [1.165, 1.54) is 0 Å². The second-order valence-electron chi connectivity index (χ2n) is 8.78. The van der Waals surface area contributed by atoms with Gasteiger partial charge in [-0.2, -0.15) is 35.3 Å². The first-order valence-corrected chi connectivity index (χ1v) is 12.0. The predicted octanol–water partition coefficient (Wildman–Crippen LogP) is 5.62. The normalized spacial score (nSPS) is 13.3. The summed E-state index contributed by atoms with van der Waals surface area (Å²) in [6.45, 7) is 21.9. The quantitative estimate of drug-likeness (QED) is 0.306. The van der Waals surface area contributed by atoms with Crippen LogP contribution in [0.1, 0.15) is 62.3 Å². The largest absolute Gasteiger partial charge is 0.639 e. The topological polar surface area (TPSA) is 27.7 Å². The molecule has 0 saturated carbocycles. The van der Waals surface area contributed by atoms with E-state index in [0.717, 1.165) is 17.3 Å². The number of hydrogen-bond acceptors (Lipinski definition) is 6. The van der Waals surface area contributed by atoms with E-state index in [0.29, 0.717) is 19.8 Å². The Kier molecular flexibility index (Phi) is 12.9. The standard InChI is InChI=1S/C18H39BO3S3/c1-16(2,3)23-13-10-20-19(21-11-14-24-17(4,5)6)22-12-15-25-18(7,8)9/h10-15H2,1-9H3. The fourth-order valence-corrected chi connectivity index (χ4v) is 4.00. The second-order valence-corrected chi connectivity index (χ2v) is 14.5. The molecule has 0 rings (SSSR count). The average Bonchev–Trinajstić information content (AvgIpc) is 2.40. The van der Waals surface area contributed by atoms with E-state index in [-0.39, 0.29) is 14.2 Å². The van der Waals surface area contributed by atoms with Crippen molar-refractivity contribution < 1.29 is 14.0 Å². The lowest BCUT2D eigenvalue weighted by Gasteiger charge is -2.21. The summed E-state index contributed by atoms with van der Waals surface area (Å²) >= 11 is 5.68. The fraction of sp³-hybridized carbons (Fsp3) is 1.00. The van der Waals surface area contributed by atoms with E-state index in [4.69, 9.17) is 14.0 Å². The van der Waals surface area contributed by atoms with Crippen LogP contribution in [0.25, 0.3) is 0 Å².